The Morgan fingerprint density at radius 1 is 1.07 bits per heavy atom. The van der Waals surface area contributed by atoms with Crippen molar-refractivity contribution in [2.45, 2.75) is 70.0 Å². The summed E-state index contributed by atoms with van der Waals surface area (Å²) >= 11 is 0. The van der Waals surface area contributed by atoms with Crippen molar-refractivity contribution in [3.8, 4) is 11.9 Å². The van der Waals surface area contributed by atoms with Gasteiger partial charge in [-0.2, -0.15) is 10.2 Å². The smallest absolute Gasteiger partial charge is 0.282 e. The number of amides is 1. The number of nitrogens with zero attached hydrogens (tertiary/aromatic N) is 6. The van der Waals surface area contributed by atoms with Crippen LogP contribution in [-0.4, -0.2) is 79.2 Å². The Morgan fingerprint density at radius 3 is 2.71 bits per heavy atom. The highest BCUT2D eigenvalue weighted by Gasteiger charge is 2.35. The van der Waals surface area contributed by atoms with Gasteiger partial charge in [0.15, 0.2) is 5.83 Å². The molecule has 0 bridgehead atoms. The minimum atomic E-state index is -0.989. The third-order valence-electron chi connectivity index (χ3n) is 9.57. The fourth-order valence-electron chi connectivity index (χ4n) is 7.25. The van der Waals surface area contributed by atoms with Crippen molar-refractivity contribution in [3.63, 3.8) is 0 Å². The number of halogens is 1. The Bertz CT molecular complexity index is 1390. The average molecular weight is 573 g/mol. The van der Waals surface area contributed by atoms with Crippen molar-refractivity contribution in [1.82, 2.24) is 14.8 Å². The van der Waals surface area contributed by atoms with E-state index in [0.29, 0.717) is 38.2 Å². The molecule has 1 aromatic carbocycles. The second-order valence-electron chi connectivity index (χ2n) is 12.2. The number of likely N-dealkylation sites (N-methyl/N-ethyl adjacent to an activating group) is 1. The first kappa shape index (κ1) is 28.5. The third-order valence-corrected chi connectivity index (χ3v) is 9.57. The summed E-state index contributed by atoms with van der Waals surface area (Å²) in [5.41, 5.74) is 6.74. The van der Waals surface area contributed by atoms with E-state index in [1.165, 1.54) is 52.1 Å². The second-order valence-corrected chi connectivity index (χ2v) is 12.2. The van der Waals surface area contributed by atoms with E-state index in [1.807, 2.05) is 0 Å². The molecule has 2 fully saturated rings. The van der Waals surface area contributed by atoms with E-state index in [2.05, 4.69) is 58.7 Å². The number of pyridine rings is 1. The summed E-state index contributed by atoms with van der Waals surface area (Å²) in [6, 6.07) is 11.0. The van der Waals surface area contributed by atoms with Crippen LogP contribution >= 0.6 is 0 Å². The maximum Gasteiger partial charge on any atom is 0.282 e. The summed E-state index contributed by atoms with van der Waals surface area (Å²) in [6.45, 7) is 7.78. The molecule has 1 aliphatic carbocycles. The lowest BCUT2D eigenvalue weighted by Gasteiger charge is -2.42. The van der Waals surface area contributed by atoms with Gasteiger partial charge in [0.05, 0.1) is 18.5 Å². The number of ether oxygens (including phenoxy) is 1. The van der Waals surface area contributed by atoms with Gasteiger partial charge in [0.25, 0.3) is 5.91 Å². The average Bonchev–Trinajstić information content (AvgIpc) is 3.43. The first-order valence-electron chi connectivity index (χ1n) is 15.4. The Hall–Kier alpha value is -3.64. The minimum Gasteiger partial charge on any atom is -0.476 e. The van der Waals surface area contributed by atoms with E-state index in [0.717, 1.165) is 51.1 Å². The van der Waals surface area contributed by atoms with Crippen molar-refractivity contribution >= 4 is 17.4 Å². The molecule has 4 heterocycles. The topological polar surface area (TPSA) is 75.9 Å². The van der Waals surface area contributed by atoms with Gasteiger partial charge in [-0.3, -0.25) is 4.79 Å². The van der Waals surface area contributed by atoms with Gasteiger partial charge < -0.3 is 24.3 Å². The molecule has 8 nitrogen and oxygen atoms in total. The lowest BCUT2D eigenvalue weighted by Crippen LogP contribution is -2.55. The van der Waals surface area contributed by atoms with E-state index < -0.39 is 17.8 Å². The number of hydrogen-bond acceptors (Lipinski definition) is 7. The molecular weight excluding hydrogens is 531 g/mol. The summed E-state index contributed by atoms with van der Waals surface area (Å²) in [5, 5.41) is 9.50. The van der Waals surface area contributed by atoms with Crippen molar-refractivity contribution in [1.29, 1.82) is 5.26 Å². The number of rotatable bonds is 7. The zero-order chi connectivity index (χ0) is 29.2. The number of likely N-dealkylation sites (tertiary alicyclic amines) is 1. The number of nitriles is 1. The highest BCUT2D eigenvalue weighted by atomic mass is 19.1. The predicted octanol–water partition coefficient (Wildman–Crippen LogP) is 4.41. The summed E-state index contributed by atoms with van der Waals surface area (Å²) in [6.07, 6.45) is 8.05. The van der Waals surface area contributed by atoms with Gasteiger partial charge in [-0.05, 0) is 81.3 Å². The summed E-state index contributed by atoms with van der Waals surface area (Å²) in [7, 11) is 2.15. The van der Waals surface area contributed by atoms with Crippen molar-refractivity contribution in [2.75, 3.05) is 56.2 Å². The Labute approximate surface area is 248 Å². The number of aromatic nitrogens is 1. The monoisotopic (exact) mass is 572 g/mol. The van der Waals surface area contributed by atoms with Crippen LogP contribution in [0.3, 0.4) is 0 Å². The SMILES string of the molecule is C=C(F)C(=O)N1CCN(c2nc(OC[C@@H]3CCCN3C)cc3c2CCN(c2cccc4c2CCCC4)C3)C[C@@H]1CC#N. The van der Waals surface area contributed by atoms with E-state index >= 15 is 0 Å². The van der Waals surface area contributed by atoms with Gasteiger partial charge in [-0.15, -0.1) is 0 Å². The Kier molecular flexibility index (Phi) is 8.34. The molecule has 222 valence electrons. The minimum absolute atomic E-state index is 0.120. The molecule has 0 unspecified atom stereocenters. The molecule has 2 saturated heterocycles. The standard InChI is InChI=1S/C33H41FN6O2/c1-23(34)33(41)40-18-17-39(21-26(40)12-14-35)32-29-13-16-38(30-11-5-8-24-7-3-4-10-28(24)30)20-25(29)19-31(36-32)42-22-27-9-6-15-37(27)2/h5,8,11,19,26-27H,1,3-4,6-7,9-10,12-13,15-18,20-22H2,2H3/t26-,27-/m0/s1. The van der Waals surface area contributed by atoms with Gasteiger partial charge in [-0.1, -0.05) is 18.7 Å². The van der Waals surface area contributed by atoms with Crippen LogP contribution in [0, 0.1) is 11.3 Å². The van der Waals surface area contributed by atoms with Crippen LogP contribution in [0.2, 0.25) is 0 Å². The van der Waals surface area contributed by atoms with E-state index in [4.69, 9.17) is 9.72 Å². The van der Waals surface area contributed by atoms with Gasteiger partial charge in [-0.25, -0.2) is 4.39 Å². The van der Waals surface area contributed by atoms with Crippen LogP contribution in [0.15, 0.2) is 36.7 Å². The quantitative estimate of drug-likeness (QED) is 0.455. The molecule has 0 radical (unpaired) electrons. The fraction of sp³-hybridized carbons (Fsp3) is 0.545. The van der Waals surface area contributed by atoms with Crippen LogP contribution in [-0.2, 0) is 30.6 Å². The predicted molar refractivity (Wildman–Crippen MR) is 161 cm³/mol. The molecule has 0 saturated carbocycles. The number of piperazine rings is 1. The molecule has 3 aliphatic heterocycles. The molecule has 1 amide bonds. The highest BCUT2D eigenvalue weighted by Crippen LogP contribution is 2.37. The Balaban J connectivity index is 1.31. The lowest BCUT2D eigenvalue weighted by molar-refractivity contribution is -0.131. The fourth-order valence-corrected chi connectivity index (χ4v) is 7.25. The normalized spacial score (nSPS) is 22.4. The molecule has 2 atom stereocenters. The van der Waals surface area contributed by atoms with Crippen LogP contribution in [0.5, 0.6) is 5.88 Å². The third kappa shape index (κ3) is 5.69. The summed E-state index contributed by atoms with van der Waals surface area (Å²) in [5.74, 6) is -0.235. The Morgan fingerprint density at radius 2 is 1.93 bits per heavy atom. The van der Waals surface area contributed by atoms with Gasteiger partial charge in [0, 0.05) is 56.1 Å². The maximum absolute atomic E-state index is 13.8. The molecule has 2 aromatic rings. The number of benzene rings is 1. The molecule has 0 spiro atoms. The first-order chi connectivity index (χ1) is 20.4. The van der Waals surface area contributed by atoms with Gasteiger partial charge >= 0.3 is 0 Å². The number of anilines is 2. The number of aryl methyl sites for hydroxylation is 1. The van der Waals surface area contributed by atoms with E-state index in [-0.39, 0.29) is 6.42 Å². The lowest BCUT2D eigenvalue weighted by atomic mass is 9.89. The first-order valence-corrected chi connectivity index (χ1v) is 15.4. The maximum atomic E-state index is 13.8. The summed E-state index contributed by atoms with van der Waals surface area (Å²) in [4.78, 5) is 26.0. The number of carbonyl (C=O) groups excluding carboxylic acids is 1. The summed E-state index contributed by atoms with van der Waals surface area (Å²) < 4.78 is 20.2. The van der Waals surface area contributed by atoms with Gasteiger partial charge in [0.2, 0.25) is 5.88 Å². The van der Waals surface area contributed by atoms with Crippen LogP contribution in [0.1, 0.15) is 54.4 Å². The molecule has 9 heteroatoms. The molecule has 42 heavy (non-hydrogen) atoms. The second kappa shape index (κ2) is 12.3. The van der Waals surface area contributed by atoms with Crippen LogP contribution in [0.4, 0.5) is 15.9 Å². The van der Waals surface area contributed by atoms with Crippen LogP contribution in [0.25, 0.3) is 0 Å². The molecule has 6 rings (SSSR count). The van der Waals surface area contributed by atoms with E-state index in [9.17, 15) is 14.4 Å². The van der Waals surface area contributed by atoms with E-state index in [1.54, 1.807) is 0 Å². The zero-order valence-corrected chi connectivity index (χ0v) is 24.7. The van der Waals surface area contributed by atoms with Crippen molar-refractivity contribution < 1.29 is 13.9 Å². The van der Waals surface area contributed by atoms with Gasteiger partial charge in [0.1, 0.15) is 12.4 Å². The molecule has 0 N–H and O–H groups in total. The highest BCUT2D eigenvalue weighted by molar-refractivity contribution is 5.91. The number of carbonyl (C=O) groups is 1. The van der Waals surface area contributed by atoms with Crippen LogP contribution < -0.4 is 14.5 Å². The number of fused-ring (bicyclic) bond motifs is 2. The van der Waals surface area contributed by atoms with Crippen molar-refractivity contribution in [2.24, 2.45) is 0 Å². The molecular formula is C33H41FN6O2. The number of hydrogen-bond donors (Lipinski definition) is 0. The molecule has 1 aromatic heterocycles. The molecule has 4 aliphatic rings. The largest absolute Gasteiger partial charge is 0.476 e. The zero-order valence-electron chi connectivity index (χ0n) is 24.7. The van der Waals surface area contributed by atoms with Crippen molar-refractivity contribution in [3.05, 3.63) is 58.9 Å².